The van der Waals surface area contributed by atoms with E-state index >= 15 is 0 Å². The van der Waals surface area contributed by atoms with Crippen molar-refractivity contribution in [3.63, 3.8) is 0 Å². The number of carbonyl (C=O) groups is 6. The van der Waals surface area contributed by atoms with Gasteiger partial charge in [0.2, 0.25) is 23.6 Å². The number of anilines is 1. The van der Waals surface area contributed by atoms with Crippen molar-refractivity contribution in [2.24, 2.45) is 16.5 Å². The van der Waals surface area contributed by atoms with E-state index in [1.54, 1.807) is 18.2 Å². The fourth-order valence-corrected chi connectivity index (χ4v) is 5.20. The minimum absolute atomic E-state index is 0.0380. The van der Waals surface area contributed by atoms with Crippen LogP contribution < -0.4 is 38.1 Å². The summed E-state index contributed by atoms with van der Waals surface area (Å²) in [5.74, 6) is -6.00. The van der Waals surface area contributed by atoms with Gasteiger partial charge in [0.1, 0.15) is 24.2 Å². The van der Waals surface area contributed by atoms with E-state index in [2.05, 4.69) is 31.6 Å². The Hall–Kier alpha value is -4.58. The van der Waals surface area contributed by atoms with Gasteiger partial charge in [0.15, 0.2) is 5.96 Å². The van der Waals surface area contributed by atoms with Crippen molar-refractivity contribution >= 4 is 59.0 Å². The highest BCUT2D eigenvalue weighted by Crippen LogP contribution is 2.16. The number of hydrogen-bond acceptors (Lipinski definition) is 10. The number of guanidine groups is 1. The molecular formula is C27H40N8O9S. The molecule has 1 aliphatic rings. The fraction of sp³-hybridized carbons (Fsp3) is 0.519. The van der Waals surface area contributed by atoms with E-state index in [0.29, 0.717) is 17.9 Å². The lowest BCUT2D eigenvalue weighted by atomic mass is 10.1. The van der Waals surface area contributed by atoms with Crippen molar-refractivity contribution in [1.82, 2.24) is 21.3 Å². The number of rotatable bonds is 8. The maximum absolute atomic E-state index is 13.3. The van der Waals surface area contributed by atoms with Gasteiger partial charge in [-0.15, -0.1) is 0 Å². The molecule has 1 aromatic rings. The summed E-state index contributed by atoms with van der Waals surface area (Å²) in [6.07, 6.45) is -1.26. The zero-order chi connectivity index (χ0) is 33.5. The molecule has 17 nitrogen and oxygen atoms in total. The van der Waals surface area contributed by atoms with Crippen molar-refractivity contribution in [1.29, 1.82) is 0 Å². The van der Waals surface area contributed by atoms with E-state index in [0.717, 1.165) is 5.56 Å². The molecule has 18 heteroatoms. The Morgan fingerprint density at radius 2 is 1.76 bits per heavy atom. The quantitative estimate of drug-likeness (QED) is 0.0779. The maximum Gasteiger partial charge on any atom is 0.327 e. The number of amides is 4. The van der Waals surface area contributed by atoms with Crippen LogP contribution in [0, 0.1) is 0 Å². The number of hydrogen-bond donors (Lipinski definition) is 10. The molecule has 5 atom stereocenters. The van der Waals surface area contributed by atoms with Gasteiger partial charge in [0.05, 0.1) is 19.1 Å². The summed E-state index contributed by atoms with van der Waals surface area (Å²) in [7, 11) is 0. The monoisotopic (exact) mass is 652 g/mol. The Kier molecular flexibility index (Phi) is 14.9. The molecule has 0 unspecified atom stereocenters. The molecule has 0 radical (unpaired) electrons. The van der Waals surface area contributed by atoms with E-state index in [4.69, 9.17) is 11.5 Å². The Morgan fingerprint density at radius 1 is 1.02 bits per heavy atom. The molecule has 0 saturated heterocycles. The second-order valence-corrected chi connectivity index (χ2v) is 11.4. The van der Waals surface area contributed by atoms with Gasteiger partial charge in [-0.25, -0.2) is 4.79 Å². The first-order valence-electron chi connectivity index (χ1n) is 14.1. The highest BCUT2D eigenvalue weighted by Gasteiger charge is 2.31. The fourth-order valence-electron chi connectivity index (χ4n) is 4.19. The molecule has 4 amide bonds. The number of carboxylic acids is 2. The van der Waals surface area contributed by atoms with Gasteiger partial charge in [-0.1, -0.05) is 12.1 Å². The molecule has 1 aliphatic heterocycles. The number of benzene rings is 1. The van der Waals surface area contributed by atoms with Gasteiger partial charge >= 0.3 is 11.9 Å². The van der Waals surface area contributed by atoms with E-state index in [9.17, 15) is 44.1 Å². The number of aliphatic hydroxyl groups is 1. The summed E-state index contributed by atoms with van der Waals surface area (Å²) >= 11 is 1.23. The summed E-state index contributed by atoms with van der Waals surface area (Å²) < 4.78 is 0. The molecule has 0 spiro atoms. The molecule has 248 valence electrons. The first-order valence-corrected chi connectivity index (χ1v) is 15.2. The number of thioether (sulfide) groups is 1. The molecule has 0 aliphatic carbocycles. The molecular weight excluding hydrogens is 612 g/mol. The third kappa shape index (κ3) is 13.3. The predicted molar refractivity (Wildman–Crippen MR) is 165 cm³/mol. The van der Waals surface area contributed by atoms with Crippen LogP contribution in [0.1, 0.15) is 31.7 Å². The molecule has 12 N–H and O–H groups in total. The number of nitrogens with two attached hydrogens (primary N) is 2. The SMILES string of the molecule is C[C@@H](O)[C@@H]1Nc2cccc(c2)CCSC[C@@H](C(=O)O)NC(=O)[C@H](CC(=O)O)NC(=O)CNC(=O)[C@H](CCCN=C(N)N)NC1=O. The van der Waals surface area contributed by atoms with Crippen LogP contribution in [0.3, 0.4) is 0 Å². The highest BCUT2D eigenvalue weighted by molar-refractivity contribution is 7.99. The van der Waals surface area contributed by atoms with Crippen LogP contribution in [-0.4, -0.2) is 112 Å². The van der Waals surface area contributed by atoms with Crippen molar-refractivity contribution in [2.45, 2.75) is 62.9 Å². The average molecular weight is 653 g/mol. The average Bonchev–Trinajstić information content (AvgIpc) is 2.96. The number of aliphatic hydroxyl groups excluding tert-OH is 1. The minimum atomic E-state index is -1.64. The molecule has 0 aromatic heterocycles. The standard InChI is InChI=1S/C27H40N8O9S/c1-14(36)22-25(42)34-17(6-3-8-30-27(28)29)23(40)31-12-20(37)33-18(11-21(38)39)24(41)35-19(26(43)44)13-45-9-7-15-4-2-5-16(10-15)32-22/h2,4-5,10,14,17-19,22,32,36H,3,6-9,11-13H2,1H3,(H,31,40)(H,33,37)(H,34,42)(H,35,41)(H,38,39)(H,43,44)(H4,28,29,30)/t14-,17+,18+,19+,22+/m1/s1. The van der Waals surface area contributed by atoms with Crippen LogP contribution in [0.5, 0.6) is 0 Å². The lowest BCUT2D eigenvalue weighted by molar-refractivity contribution is -0.143. The molecule has 1 aromatic carbocycles. The van der Waals surface area contributed by atoms with Crippen molar-refractivity contribution in [3.05, 3.63) is 29.8 Å². The number of carboxylic acid groups (broad SMARTS) is 2. The van der Waals surface area contributed by atoms with Gasteiger partial charge < -0.3 is 53.4 Å². The smallest absolute Gasteiger partial charge is 0.327 e. The molecule has 0 saturated carbocycles. The van der Waals surface area contributed by atoms with Gasteiger partial charge in [-0.3, -0.25) is 29.0 Å². The number of fused-ring (bicyclic) bond motifs is 2. The minimum Gasteiger partial charge on any atom is -0.481 e. The number of aliphatic carboxylic acids is 2. The number of nitrogens with one attached hydrogen (secondary N) is 5. The molecule has 2 bridgehead atoms. The van der Waals surface area contributed by atoms with Gasteiger partial charge in [0, 0.05) is 18.0 Å². The lowest BCUT2D eigenvalue weighted by Gasteiger charge is -2.25. The first-order chi connectivity index (χ1) is 21.3. The van der Waals surface area contributed by atoms with Gasteiger partial charge in [-0.05, 0) is 49.6 Å². The summed E-state index contributed by atoms with van der Waals surface area (Å²) in [6.45, 7) is 0.833. The largest absolute Gasteiger partial charge is 0.481 e. The maximum atomic E-state index is 13.3. The Bertz CT molecular complexity index is 1260. The molecule has 2 rings (SSSR count). The van der Waals surface area contributed by atoms with E-state index < -0.39 is 78.8 Å². The second-order valence-electron chi connectivity index (χ2n) is 10.2. The number of carbonyl (C=O) groups excluding carboxylic acids is 4. The molecule has 45 heavy (non-hydrogen) atoms. The third-order valence-electron chi connectivity index (χ3n) is 6.48. The van der Waals surface area contributed by atoms with E-state index in [1.165, 1.54) is 18.7 Å². The zero-order valence-corrected chi connectivity index (χ0v) is 25.5. The number of nitrogens with zero attached hydrogens (tertiary/aromatic N) is 1. The van der Waals surface area contributed by atoms with Crippen LogP contribution in [0.25, 0.3) is 0 Å². The van der Waals surface area contributed by atoms with Gasteiger partial charge in [-0.2, -0.15) is 11.8 Å². The van der Waals surface area contributed by atoms with Crippen molar-refractivity contribution in [3.8, 4) is 0 Å². The molecule has 0 fully saturated rings. The van der Waals surface area contributed by atoms with Crippen molar-refractivity contribution in [2.75, 3.05) is 29.9 Å². The summed E-state index contributed by atoms with van der Waals surface area (Å²) in [4.78, 5) is 78.9. The van der Waals surface area contributed by atoms with Crippen LogP contribution in [0.2, 0.25) is 0 Å². The van der Waals surface area contributed by atoms with Crippen molar-refractivity contribution < 1.29 is 44.1 Å². The topological polar surface area (TPSA) is 288 Å². The second kappa shape index (κ2) is 18.3. The summed E-state index contributed by atoms with van der Waals surface area (Å²) in [5.41, 5.74) is 12.0. The Balaban J connectivity index is 2.38. The number of aliphatic imine (C=N–C) groups is 1. The first kappa shape index (κ1) is 36.6. The molecule has 1 heterocycles. The van der Waals surface area contributed by atoms with Crippen LogP contribution in [0.15, 0.2) is 29.3 Å². The predicted octanol–water partition coefficient (Wildman–Crippen LogP) is -2.68. The van der Waals surface area contributed by atoms with Crippen LogP contribution >= 0.6 is 11.8 Å². The van der Waals surface area contributed by atoms with Crippen LogP contribution in [-0.2, 0) is 35.2 Å². The lowest BCUT2D eigenvalue weighted by Crippen LogP contribution is -2.56. The van der Waals surface area contributed by atoms with E-state index in [-0.39, 0.29) is 31.1 Å². The normalized spacial score (nSPS) is 23.0. The highest BCUT2D eigenvalue weighted by atomic mass is 32.2. The van der Waals surface area contributed by atoms with E-state index in [1.807, 2.05) is 6.07 Å². The third-order valence-corrected chi connectivity index (χ3v) is 7.54. The van der Waals surface area contributed by atoms with Crippen LogP contribution in [0.4, 0.5) is 5.69 Å². The zero-order valence-electron chi connectivity index (χ0n) is 24.7. The van der Waals surface area contributed by atoms with Gasteiger partial charge in [0.25, 0.3) is 0 Å². The summed E-state index contributed by atoms with van der Waals surface area (Å²) in [6, 6.07) is 1.63. The Morgan fingerprint density at radius 3 is 2.40 bits per heavy atom. The number of aryl methyl sites for hydroxylation is 1. The Labute approximate surface area is 263 Å². The summed E-state index contributed by atoms with van der Waals surface area (Å²) in [5, 5.41) is 41.7.